The minimum absolute atomic E-state index is 0.0643. The molecule has 0 radical (unpaired) electrons. The lowest BCUT2D eigenvalue weighted by Gasteiger charge is -2.09. The van der Waals surface area contributed by atoms with Crippen LogP contribution in [-0.4, -0.2) is 28.8 Å². The van der Waals surface area contributed by atoms with E-state index in [1.165, 1.54) is 11.8 Å². The summed E-state index contributed by atoms with van der Waals surface area (Å²) in [5.41, 5.74) is 0.819. The van der Waals surface area contributed by atoms with Gasteiger partial charge in [-0.2, -0.15) is 0 Å². The zero-order valence-corrected chi connectivity index (χ0v) is 14.8. The first-order valence-electron chi connectivity index (χ1n) is 5.76. The maximum atomic E-state index is 12.1. The third-order valence-electron chi connectivity index (χ3n) is 2.71. The van der Waals surface area contributed by atoms with E-state index >= 15 is 0 Å². The molecule has 1 fully saturated rings. The Hall–Kier alpha value is -0.560. The highest BCUT2D eigenvalue weighted by atomic mass is 79.9. The van der Waals surface area contributed by atoms with Gasteiger partial charge in [-0.15, -0.1) is 0 Å². The van der Waals surface area contributed by atoms with E-state index in [9.17, 15) is 4.79 Å². The molecule has 2 rings (SSSR count). The van der Waals surface area contributed by atoms with Crippen LogP contribution >= 0.6 is 51.5 Å². The number of benzene rings is 1. The molecule has 0 atom stereocenters. The lowest BCUT2D eigenvalue weighted by Crippen LogP contribution is -2.27. The molecule has 0 aliphatic carbocycles. The monoisotopic (exact) mass is 391 g/mol. The number of carbonyl (C=O) groups excluding carboxylic acids is 1. The summed E-state index contributed by atoms with van der Waals surface area (Å²) >= 11 is 16.0. The number of ether oxygens (including phenoxy) is 1. The lowest BCUT2D eigenvalue weighted by molar-refractivity contribution is -0.121. The fourth-order valence-electron chi connectivity index (χ4n) is 1.78. The van der Waals surface area contributed by atoms with Crippen molar-refractivity contribution in [3.05, 3.63) is 32.1 Å². The molecule has 7 heteroatoms. The molecule has 1 aromatic carbocycles. The first kappa shape index (κ1) is 15.8. The quantitative estimate of drug-likeness (QED) is 0.565. The number of methoxy groups -OCH3 is 1. The maximum absolute atomic E-state index is 12.1. The Labute approximate surface area is 140 Å². The Kier molecular flexibility index (Phi) is 5.12. The first-order chi connectivity index (χ1) is 9.47. The lowest BCUT2D eigenvalue weighted by atomic mass is 10.2. The predicted molar refractivity (Wildman–Crippen MR) is 91.3 cm³/mol. The van der Waals surface area contributed by atoms with Crippen LogP contribution in [-0.2, 0) is 4.79 Å². The Morgan fingerprint density at radius 3 is 2.75 bits per heavy atom. The molecule has 20 heavy (non-hydrogen) atoms. The van der Waals surface area contributed by atoms with E-state index in [0.29, 0.717) is 26.5 Å². The fourth-order valence-corrected chi connectivity index (χ4v) is 4.22. The first-order valence-corrected chi connectivity index (χ1v) is 8.16. The molecule has 0 bridgehead atoms. The van der Waals surface area contributed by atoms with Crippen molar-refractivity contribution in [2.24, 2.45) is 0 Å². The minimum atomic E-state index is -0.0643. The fraction of sp³-hybridized carbons (Fsp3) is 0.231. The average molecular weight is 393 g/mol. The van der Waals surface area contributed by atoms with Crippen molar-refractivity contribution in [1.82, 2.24) is 4.90 Å². The van der Waals surface area contributed by atoms with Crippen molar-refractivity contribution in [2.75, 3.05) is 13.7 Å². The Bertz CT molecular complexity index is 595. The summed E-state index contributed by atoms with van der Waals surface area (Å²) < 4.78 is 6.50. The van der Waals surface area contributed by atoms with Crippen LogP contribution in [0.1, 0.15) is 12.5 Å². The highest BCUT2D eigenvalue weighted by Gasteiger charge is 2.30. The Balaban J connectivity index is 2.37. The summed E-state index contributed by atoms with van der Waals surface area (Å²) in [5.74, 6) is 0.510. The predicted octanol–water partition coefficient (Wildman–Crippen LogP) is 4.33. The van der Waals surface area contributed by atoms with Crippen molar-refractivity contribution in [3.8, 4) is 5.75 Å². The highest BCUT2D eigenvalue weighted by Crippen LogP contribution is 2.37. The second-order valence-electron chi connectivity index (χ2n) is 3.94. The van der Waals surface area contributed by atoms with Gasteiger partial charge in [0.2, 0.25) is 0 Å². The number of carbonyl (C=O) groups is 1. The number of amides is 1. The van der Waals surface area contributed by atoms with Crippen molar-refractivity contribution in [1.29, 1.82) is 0 Å². The van der Waals surface area contributed by atoms with E-state index in [2.05, 4.69) is 15.9 Å². The van der Waals surface area contributed by atoms with Crippen LogP contribution in [0.25, 0.3) is 6.08 Å². The molecular formula is C13H11BrClNO2S2. The zero-order valence-electron chi connectivity index (χ0n) is 10.8. The van der Waals surface area contributed by atoms with Crippen LogP contribution in [0.15, 0.2) is 21.5 Å². The third-order valence-corrected chi connectivity index (χ3v) is 4.96. The van der Waals surface area contributed by atoms with Gasteiger partial charge in [0, 0.05) is 6.54 Å². The molecular weight excluding hydrogens is 382 g/mol. The van der Waals surface area contributed by atoms with Gasteiger partial charge in [-0.1, -0.05) is 35.6 Å². The Morgan fingerprint density at radius 2 is 2.25 bits per heavy atom. The summed E-state index contributed by atoms with van der Waals surface area (Å²) in [6.45, 7) is 2.48. The van der Waals surface area contributed by atoms with Gasteiger partial charge < -0.3 is 4.74 Å². The largest absolute Gasteiger partial charge is 0.494 e. The second-order valence-corrected chi connectivity index (χ2v) is 6.88. The van der Waals surface area contributed by atoms with Crippen LogP contribution < -0.4 is 4.74 Å². The van der Waals surface area contributed by atoms with E-state index < -0.39 is 0 Å². The topological polar surface area (TPSA) is 29.5 Å². The number of nitrogens with zero attached hydrogens (tertiary/aromatic N) is 1. The molecule has 0 N–H and O–H groups in total. The van der Waals surface area contributed by atoms with E-state index in [-0.39, 0.29) is 5.91 Å². The van der Waals surface area contributed by atoms with E-state index in [0.717, 1.165) is 10.0 Å². The van der Waals surface area contributed by atoms with Crippen LogP contribution in [0.3, 0.4) is 0 Å². The van der Waals surface area contributed by atoms with E-state index in [4.69, 9.17) is 28.6 Å². The molecule has 1 aromatic rings. The van der Waals surface area contributed by atoms with Gasteiger partial charge in [-0.05, 0) is 46.6 Å². The molecule has 3 nitrogen and oxygen atoms in total. The molecule has 1 heterocycles. The smallest absolute Gasteiger partial charge is 0.266 e. The van der Waals surface area contributed by atoms with Crippen LogP contribution in [0.2, 0.25) is 5.02 Å². The van der Waals surface area contributed by atoms with Gasteiger partial charge in [0.25, 0.3) is 5.91 Å². The zero-order chi connectivity index (χ0) is 14.9. The van der Waals surface area contributed by atoms with Crippen LogP contribution in [0, 0.1) is 0 Å². The van der Waals surface area contributed by atoms with Crippen molar-refractivity contribution >= 4 is 67.8 Å². The molecule has 1 aliphatic heterocycles. The molecule has 1 saturated heterocycles. The SMILES string of the molecule is CCN1C(=O)/C(=C/c2cc(Cl)c(OC)c(Br)c2)SC1=S. The van der Waals surface area contributed by atoms with Crippen molar-refractivity contribution < 1.29 is 9.53 Å². The third kappa shape index (κ3) is 3.03. The molecule has 1 aliphatic rings. The summed E-state index contributed by atoms with van der Waals surface area (Å²) in [6, 6.07) is 3.60. The molecule has 106 valence electrons. The standard InChI is InChI=1S/C13H11BrClNO2S2/c1-3-16-12(17)10(20-13(16)19)6-7-4-8(14)11(18-2)9(15)5-7/h4-6H,3H2,1-2H3/b10-6-. The number of rotatable bonds is 3. The van der Waals surface area contributed by atoms with Gasteiger partial charge in [0.15, 0.2) is 5.75 Å². The summed E-state index contributed by atoms with van der Waals surface area (Å²) in [6.07, 6.45) is 1.78. The van der Waals surface area contributed by atoms with Crippen LogP contribution in [0.5, 0.6) is 5.75 Å². The summed E-state index contributed by atoms with van der Waals surface area (Å²) in [4.78, 5) is 14.3. The normalized spacial score (nSPS) is 17.2. The summed E-state index contributed by atoms with van der Waals surface area (Å²) in [7, 11) is 1.55. The molecule has 0 saturated carbocycles. The van der Waals surface area contributed by atoms with E-state index in [1.54, 1.807) is 24.2 Å². The second kappa shape index (κ2) is 6.47. The minimum Gasteiger partial charge on any atom is -0.494 e. The number of thiocarbonyl (C=S) groups is 1. The van der Waals surface area contributed by atoms with Gasteiger partial charge in [-0.3, -0.25) is 9.69 Å². The Morgan fingerprint density at radius 1 is 1.55 bits per heavy atom. The van der Waals surface area contributed by atoms with Crippen molar-refractivity contribution in [2.45, 2.75) is 6.92 Å². The molecule has 0 aromatic heterocycles. The van der Waals surface area contributed by atoms with Crippen molar-refractivity contribution in [3.63, 3.8) is 0 Å². The molecule has 0 unspecified atom stereocenters. The van der Waals surface area contributed by atoms with Gasteiger partial charge in [-0.25, -0.2) is 0 Å². The number of hydrogen-bond acceptors (Lipinski definition) is 4. The van der Waals surface area contributed by atoms with Gasteiger partial charge in [0.05, 0.1) is 21.5 Å². The summed E-state index contributed by atoms with van der Waals surface area (Å²) in [5, 5.41) is 0.485. The number of likely N-dealkylation sites (N-methyl/N-ethyl adjacent to an activating group) is 1. The van der Waals surface area contributed by atoms with E-state index in [1.807, 2.05) is 13.0 Å². The maximum Gasteiger partial charge on any atom is 0.266 e. The molecule has 1 amide bonds. The average Bonchev–Trinajstić information content (AvgIpc) is 2.63. The van der Waals surface area contributed by atoms with Crippen LogP contribution in [0.4, 0.5) is 0 Å². The van der Waals surface area contributed by atoms with Gasteiger partial charge >= 0.3 is 0 Å². The number of halogens is 2. The highest BCUT2D eigenvalue weighted by molar-refractivity contribution is 9.10. The molecule has 0 spiro atoms. The number of hydrogen-bond donors (Lipinski definition) is 0. The van der Waals surface area contributed by atoms with Gasteiger partial charge in [0.1, 0.15) is 4.32 Å². The number of thioether (sulfide) groups is 1.